The summed E-state index contributed by atoms with van der Waals surface area (Å²) < 4.78 is 0. The summed E-state index contributed by atoms with van der Waals surface area (Å²) in [7, 11) is 0. The molecule has 0 aliphatic rings. The highest BCUT2D eigenvalue weighted by molar-refractivity contribution is 7.09. The van der Waals surface area contributed by atoms with Gasteiger partial charge in [-0.2, -0.15) is 0 Å². The number of hydrogen-bond donors (Lipinski definition) is 1. The number of aromatic nitrogens is 1. The summed E-state index contributed by atoms with van der Waals surface area (Å²) in [5, 5.41) is 6.92. The molecule has 2 aromatic rings. The Balaban J connectivity index is 2.39. The molecule has 1 unspecified atom stereocenters. The van der Waals surface area contributed by atoms with E-state index in [0.717, 1.165) is 18.7 Å². The molecule has 19 heavy (non-hydrogen) atoms. The third-order valence-electron chi connectivity index (χ3n) is 3.23. The summed E-state index contributed by atoms with van der Waals surface area (Å²) in [6.07, 6.45) is 1.13. The molecule has 3 heteroatoms. The zero-order valence-electron chi connectivity index (χ0n) is 12.2. The van der Waals surface area contributed by atoms with Gasteiger partial charge in [0.1, 0.15) is 5.01 Å². The molecule has 0 amide bonds. The third kappa shape index (κ3) is 3.43. The molecule has 0 spiro atoms. The van der Waals surface area contributed by atoms with E-state index in [4.69, 9.17) is 0 Å². The maximum absolute atomic E-state index is 4.67. The molecule has 0 aliphatic heterocycles. The van der Waals surface area contributed by atoms with Crippen molar-refractivity contribution < 1.29 is 0 Å². The van der Waals surface area contributed by atoms with Crippen LogP contribution in [0.1, 0.15) is 46.8 Å². The molecule has 1 atom stereocenters. The Morgan fingerprint density at radius 1 is 1.26 bits per heavy atom. The highest BCUT2D eigenvalue weighted by Gasteiger charge is 2.18. The summed E-state index contributed by atoms with van der Waals surface area (Å²) in [5.41, 5.74) is 5.08. The van der Waals surface area contributed by atoms with E-state index in [-0.39, 0.29) is 6.04 Å². The number of aryl methyl sites for hydroxylation is 3. The highest BCUT2D eigenvalue weighted by Crippen LogP contribution is 2.28. The first-order valence-electron chi connectivity index (χ1n) is 6.84. The zero-order chi connectivity index (χ0) is 13.8. The largest absolute Gasteiger partial charge is 0.304 e. The predicted octanol–water partition coefficient (Wildman–Crippen LogP) is 4.16. The zero-order valence-corrected chi connectivity index (χ0v) is 13.0. The quantitative estimate of drug-likeness (QED) is 0.885. The van der Waals surface area contributed by atoms with Gasteiger partial charge in [0.25, 0.3) is 0 Å². The van der Waals surface area contributed by atoms with E-state index in [0.29, 0.717) is 0 Å². The number of nitrogens with zero attached hydrogens (tertiary/aromatic N) is 1. The number of nitrogens with one attached hydrogen (secondary N) is 1. The van der Waals surface area contributed by atoms with Gasteiger partial charge in [-0.25, -0.2) is 4.98 Å². The van der Waals surface area contributed by atoms with Gasteiger partial charge < -0.3 is 5.32 Å². The van der Waals surface area contributed by atoms with Crippen molar-refractivity contribution in [3.05, 3.63) is 51.0 Å². The van der Waals surface area contributed by atoms with E-state index < -0.39 is 0 Å². The lowest BCUT2D eigenvalue weighted by Crippen LogP contribution is -2.24. The summed E-state index contributed by atoms with van der Waals surface area (Å²) >= 11 is 1.74. The molecule has 1 heterocycles. The molecule has 0 bridgehead atoms. The Morgan fingerprint density at radius 2 is 2.05 bits per heavy atom. The van der Waals surface area contributed by atoms with Crippen molar-refractivity contribution in [3.8, 4) is 0 Å². The van der Waals surface area contributed by atoms with Crippen LogP contribution < -0.4 is 5.32 Å². The summed E-state index contributed by atoms with van der Waals surface area (Å²) in [4.78, 5) is 4.67. The van der Waals surface area contributed by atoms with E-state index in [1.807, 2.05) is 0 Å². The highest BCUT2D eigenvalue weighted by atomic mass is 32.1. The lowest BCUT2D eigenvalue weighted by Gasteiger charge is -2.19. The maximum Gasteiger partial charge on any atom is 0.114 e. The molecule has 1 aromatic carbocycles. The molecule has 102 valence electrons. The molecule has 1 aromatic heterocycles. The second-order valence-electron chi connectivity index (χ2n) is 5.07. The smallest absolute Gasteiger partial charge is 0.114 e. The van der Waals surface area contributed by atoms with Crippen molar-refractivity contribution in [1.29, 1.82) is 0 Å². The van der Waals surface area contributed by atoms with Gasteiger partial charge in [-0.05, 0) is 44.9 Å². The number of hydrogen-bond acceptors (Lipinski definition) is 3. The van der Waals surface area contributed by atoms with Gasteiger partial charge in [0.05, 0.1) is 6.04 Å². The van der Waals surface area contributed by atoms with Crippen molar-refractivity contribution >= 4 is 11.3 Å². The van der Waals surface area contributed by atoms with Crippen molar-refractivity contribution in [3.63, 3.8) is 0 Å². The van der Waals surface area contributed by atoms with E-state index >= 15 is 0 Å². The van der Waals surface area contributed by atoms with Gasteiger partial charge in [0, 0.05) is 11.1 Å². The number of thiazole rings is 1. The lowest BCUT2D eigenvalue weighted by atomic mass is 9.99. The molecule has 0 saturated carbocycles. The van der Waals surface area contributed by atoms with Crippen LogP contribution in [0.5, 0.6) is 0 Å². The van der Waals surface area contributed by atoms with Crippen LogP contribution in [0.4, 0.5) is 0 Å². The first-order chi connectivity index (χ1) is 9.11. The normalized spacial score (nSPS) is 12.6. The van der Waals surface area contributed by atoms with Crippen molar-refractivity contribution in [2.45, 2.75) is 40.2 Å². The van der Waals surface area contributed by atoms with Crippen molar-refractivity contribution in [1.82, 2.24) is 10.3 Å². The molecular formula is C16H22N2S. The Labute approximate surface area is 119 Å². The Morgan fingerprint density at radius 3 is 2.68 bits per heavy atom. The van der Waals surface area contributed by atoms with Crippen LogP contribution in [0.25, 0.3) is 0 Å². The Hall–Kier alpha value is -1.19. The second kappa shape index (κ2) is 6.31. The van der Waals surface area contributed by atoms with Gasteiger partial charge in [0.15, 0.2) is 0 Å². The summed E-state index contributed by atoms with van der Waals surface area (Å²) in [5.74, 6) is 0. The topological polar surface area (TPSA) is 24.9 Å². The molecule has 0 aliphatic carbocycles. The summed E-state index contributed by atoms with van der Waals surface area (Å²) in [6, 6.07) is 6.87. The minimum absolute atomic E-state index is 0.221. The second-order valence-corrected chi connectivity index (χ2v) is 5.96. The fourth-order valence-corrected chi connectivity index (χ4v) is 3.08. The van der Waals surface area contributed by atoms with Crippen LogP contribution >= 0.6 is 11.3 Å². The van der Waals surface area contributed by atoms with Crippen molar-refractivity contribution in [2.24, 2.45) is 0 Å². The van der Waals surface area contributed by atoms with Gasteiger partial charge in [-0.15, -0.1) is 11.3 Å². The molecule has 1 N–H and O–H groups in total. The summed E-state index contributed by atoms with van der Waals surface area (Å²) in [6.45, 7) is 9.58. The van der Waals surface area contributed by atoms with Crippen LogP contribution in [-0.2, 0) is 0 Å². The van der Waals surface area contributed by atoms with Gasteiger partial charge >= 0.3 is 0 Å². The van der Waals surface area contributed by atoms with Gasteiger partial charge in [-0.3, -0.25) is 0 Å². The first kappa shape index (κ1) is 14.2. The van der Waals surface area contributed by atoms with Crippen LogP contribution in [0, 0.1) is 20.8 Å². The van der Waals surface area contributed by atoms with Crippen LogP contribution in [0.15, 0.2) is 23.6 Å². The molecule has 2 rings (SSSR count). The molecular weight excluding hydrogens is 252 g/mol. The SMILES string of the molecule is CCCNC(c1nc(C)cs1)c1cc(C)ccc1C. The molecule has 0 fully saturated rings. The molecule has 2 nitrogen and oxygen atoms in total. The minimum atomic E-state index is 0.221. The predicted molar refractivity (Wildman–Crippen MR) is 82.9 cm³/mol. The lowest BCUT2D eigenvalue weighted by molar-refractivity contribution is 0.592. The number of benzene rings is 1. The molecule has 0 saturated heterocycles. The Bertz CT molecular complexity index is 545. The van der Waals surface area contributed by atoms with Gasteiger partial charge in [0.2, 0.25) is 0 Å². The van der Waals surface area contributed by atoms with Gasteiger partial charge in [-0.1, -0.05) is 30.7 Å². The van der Waals surface area contributed by atoms with E-state index in [1.54, 1.807) is 11.3 Å². The van der Waals surface area contributed by atoms with E-state index in [2.05, 4.69) is 61.6 Å². The van der Waals surface area contributed by atoms with E-state index in [1.165, 1.54) is 21.7 Å². The standard InChI is InChI=1S/C16H22N2S/c1-5-8-17-15(16-18-13(4)10-19-16)14-9-11(2)6-7-12(14)3/h6-7,9-10,15,17H,5,8H2,1-4H3. The minimum Gasteiger partial charge on any atom is -0.304 e. The van der Waals surface area contributed by atoms with Crippen molar-refractivity contribution in [2.75, 3.05) is 6.54 Å². The average Bonchev–Trinajstić information content (AvgIpc) is 2.80. The van der Waals surface area contributed by atoms with Crippen LogP contribution in [0.2, 0.25) is 0 Å². The number of rotatable bonds is 5. The monoisotopic (exact) mass is 274 g/mol. The fraction of sp³-hybridized carbons (Fsp3) is 0.438. The maximum atomic E-state index is 4.67. The Kier molecular flexibility index (Phi) is 4.72. The fourth-order valence-electron chi connectivity index (χ4n) is 2.19. The van der Waals surface area contributed by atoms with Crippen LogP contribution in [0.3, 0.4) is 0 Å². The molecule has 0 radical (unpaired) electrons. The van der Waals surface area contributed by atoms with E-state index in [9.17, 15) is 0 Å². The third-order valence-corrected chi connectivity index (χ3v) is 4.26. The first-order valence-corrected chi connectivity index (χ1v) is 7.72. The average molecular weight is 274 g/mol. The van der Waals surface area contributed by atoms with Crippen LogP contribution in [-0.4, -0.2) is 11.5 Å².